The predicted octanol–water partition coefficient (Wildman–Crippen LogP) is 1.51. The summed E-state index contributed by atoms with van der Waals surface area (Å²) < 4.78 is 4.76. The van der Waals surface area contributed by atoms with Gasteiger partial charge in [0.1, 0.15) is 12.0 Å². The number of carbonyl (C=O) groups excluding carboxylic acids is 4. The summed E-state index contributed by atoms with van der Waals surface area (Å²) in [4.78, 5) is 46.0. The zero-order valence-corrected chi connectivity index (χ0v) is 17.7. The molecule has 1 saturated heterocycles. The maximum Gasteiger partial charge on any atom is 0.273 e. The Morgan fingerprint density at radius 1 is 1.30 bits per heavy atom. The van der Waals surface area contributed by atoms with Gasteiger partial charge in [0.25, 0.3) is 5.91 Å². The van der Waals surface area contributed by atoms with Gasteiger partial charge in [-0.2, -0.15) is 0 Å². The van der Waals surface area contributed by atoms with Gasteiger partial charge in [-0.05, 0) is 25.7 Å². The molecule has 1 aromatic heterocycles. The highest BCUT2D eigenvalue weighted by atomic mass is 16.5. The second-order valence-electron chi connectivity index (χ2n) is 8.07. The lowest BCUT2D eigenvalue weighted by Crippen LogP contribution is -2.44. The number of aryl methyl sites for hydroxylation is 1. The summed E-state index contributed by atoms with van der Waals surface area (Å²) in [7, 11) is 0. The maximum absolute atomic E-state index is 11.8. The van der Waals surface area contributed by atoms with E-state index >= 15 is 0 Å². The number of nitrogens with one attached hydrogen (secondary N) is 3. The summed E-state index contributed by atoms with van der Waals surface area (Å²) in [5, 5.41) is 11.1. The van der Waals surface area contributed by atoms with Gasteiger partial charge in [-0.3, -0.25) is 14.4 Å². The first kappa shape index (κ1) is 23.6. The highest BCUT2D eigenvalue weighted by Crippen LogP contribution is 2.22. The van der Waals surface area contributed by atoms with Crippen LogP contribution in [0.4, 0.5) is 0 Å². The fourth-order valence-electron chi connectivity index (χ4n) is 3.61. The number of hydrogen-bond acceptors (Lipinski definition) is 6. The highest BCUT2D eigenvalue weighted by molar-refractivity contribution is 5.95. The van der Waals surface area contributed by atoms with Crippen LogP contribution in [0.15, 0.2) is 10.6 Å². The second-order valence-corrected chi connectivity index (χ2v) is 8.07. The van der Waals surface area contributed by atoms with E-state index in [1.54, 1.807) is 6.92 Å². The average Bonchev–Trinajstić information content (AvgIpc) is 3.35. The molecule has 2 fully saturated rings. The van der Waals surface area contributed by atoms with Crippen LogP contribution in [0.2, 0.25) is 0 Å². The fourth-order valence-corrected chi connectivity index (χ4v) is 3.61. The van der Waals surface area contributed by atoms with Crippen LogP contribution in [0.1, 0.15) is 68.1 Å². The third-order valence-electron chi connectivity index (χ3n) is 5.38. The van der Waals surface area contributed by atoms with Gasteiger partial charge in [-0.1, -0.05) is 44.2 Å². The largest absolute Gasteiger partial charge is 0.361 e. The third kappa shape index (κ3) is 7.96. The normalized spacial score (nSPS) is 19.8. The molecule has 1 saturated carbocycles. The summed E-state index contributed by atoms with van der Waals surface area (Å²) in [5.41, 5.74) is 0.0739. The molecule has 1 aromatic rings. The molecule has 0 spiro atoms. The standard InChI is InChI=1S/C14H18N4O5.C7H14/c1-8-4-11(18-23-8)14(22)16-6-12(20)17-10(7-19)5-9-2-3-15-13(9)21;1-7-5-3-2-4-6-7/h4,7,9-10H,2-3,5-6H2,1H3,(H,15,21)(H,16,22)(H,17,20);7H,2-6H2,1H3. The first-order chi connectivity index (χ1) is 14.4. The molecule has 3 N–H and O–H groups in total. The van der Waals surface area contributed by atoms with Crippen molar-refractivity contribution in [3.8, 4) is 0 Å². The minimum absolute atomic E-state index is 0.0739. The molecule has 1 aliphatic carbocycles. The number of aldehydes is 1. The summed E-state index contributed by atoms with van der Waals surface area (Å²) in [6.07, 6.45) is 8.91. The van der Waals surface area contributed by atoms with Crippen molar-refractivity contribution >= 4 is 24.0 Å². The first-order valence-corrected chi connectivity index (χ1v) is 10.6. The van der Waals surface area contributed by atoms with Crippen molar-refractivity contribution < 1.29 is 23.7 Å². The summed E-state index contributed by atoms with van der Waals surface area (Å²) >= 11 is 0. The number of carbonyl (C=O) groups is 4. The van der Waals surface area contributed by atoms with Gasteiger partial charge in [-0.25, -0.2) is 0 Å². The van der Waals surface area contributed by atoms with E-state index in [4.69, 9.17) is 4.52 Å². The first-order valence-electron chi connectivity index (χ1n) is 10.6. The van der Waals surface area contributed by atoms with Gasteiger partial charge in [-0.15, -0.1) is 0 Å². The van der Waals surface area contributed by atoms with Crippen molar-refractivity contribution in [1.29, 1.82) is 0 Å². The van der Waals surface area contributed by atoms with Crippen LogP contribution < -0.4 is 16.0 Å². The Balaban J connectivity index is 0.000000386. The van der Waals surface area contributed by atoms with Gasteiger partial charge in [0.15, 0.2) is 5.69 Å². The van der Waals surface area contributed by atoms with Gasteiger partial charge < -0.3 is 25.3 Å². The number of hydrogen-bond donors (Lipinski definition) is 3. The Hall–Kier alpha value is -2.71. The molecular weight excluding hydrogens is 388 g/mol. The van der Waals surface area contributed by atoms with Crippen molar-refractivity contribution in [3.63, 3.8) is 0 Å². The Labute approximate surface area is 176 Å². The van der Waals surface area contributed by atoms with Gasteiger partial charge >= 0.3 is 0 Å². The van der Waals surface area contributed by atoms with Crippen molar-refractivity contribution in [2.24, 2.45) is 11.8 Å². The van der Waals surface area contributed by atoms with E-state index in [9.17, 15) is 19.2 Å². The lowest BCUT2D eigenvalue weighted by Gasteiger charge is -2.15. The van der Waals surface area contributed by atoms with Crippen LogP contribution >= 0.6 is 0 Å². The number of rotatable bonds is 7. The Morgan fingerprint density at radius 2 is 2.03 bits per heavy atom. The van der Waals surface area contributed by atoms with Crippen LogP contribution in [0.5, 0.6) is 0 Å². The molecule has 0 bridgehead atoms. The summed E-state index contributed by atoms with van der Waals surface area (Å²) in [6, 6.07) is 0.683. The van der Waals surface area contributed by atoms with Crippen LogP contribution in [0, 0.1) is 18.8 Å². The summed E-state index contributed by atoms with van der Waals surface area (Å²) in [5.74, 6) is 0.0621. The molecule has 3 amide bonds. The Bertz CT molecular complexity index is 727. The topological polar surface area (TPSA) is 130 Å². The molecule has 0 aromatic carbocycles. The van der Waals surface area contributed by atoms with Crippen molar-refractivity contribution in [3.05, 3.63) is 17.5 Å². The molecule has 30 heavy (non-hydrogen) atoms. The zero-order chi connectivity index (χ0) is 21.9. The molecule has 2 atom stereocenters. The van der Waals surface area contributed by atoms with Crippen LogP contribution in [-0.2, 0) is 14.4 Å². The molecule has 3 rings (SSSR count). The predicted molar refractivity (Wildman–Crippen MR) is 110 cm³/mol. The van der Waals surface area contributed by atoms with Gasteiger partial charge in [0, 0.05) is 18.5 Å². The average molecular weight is 421 g/mol. The molecular formula is C21H32N4O5. The molecule has 9 heteroatoms. The molecule has 2 heterocycles. The zero-order valence-electron chi connectivity index (χ0n) is 17.7. The van der Waals surface area contributed by atoms with E-state index in [-0.39, 0.29) is 30.5 Å². The van der Waals surface area contributed by atoms with E-state index in [0.717, 1.165) is 5.92 Å². The van der Waals surface area contributed by atoms with Crippen molar-refractivity contribution in [1.82, 2.24) is 21.1 Å². The highest BCUT2D eigenvalue weighted by Gasteiger charge is 2.27. The number of nitrogens with zero attached hydrogens (tertiary/aromatic N) is 1. The quantitative estimate of drug-likeness (QED) is 0.573. The molecule has 2 unspecified atom stereocenters. The fraction of sp³-hybridized carbons (Fsp3) is 0.667. The van der Waals surface area contributed by atoms with Crippen molar-refractivity contribution in [2.75, 3.05) is 13.1 Å². The third-order valence-corrected chi connectivity index (χ3v) is 5.38. The number of amides is 3. The van der Waals surface area contributed by atoms with Gasteiger partial charge in [0.05, 0.1) is 12.6 Å². The number of aromatic nitrogens is 1. The van der Waals surface area contributed by atoms with E-state index in [1.165, 1.54) is 38.2 Å². The van der Waals surface area contributed by atoms with Crippen LogP contribution in [-0.4, -0.2) is 48.3 Å². The lowest BCUT2D eigenvalue weighted by atomic mass is 9.91. The van der Waals surface area contributed by atoms with Crippen molar-refractivity contribution in [2.45, 2.75) is 64.8 Å². The summed E-state index contributed by atoms with van der Waals surface area (Å²) in [6.45, 7) is 4.28. The van der Waals surface area contributed by atoms with E-state index in [1.807, 2.05) is 0 Å². The van der Waals surface area contributed by atoms with E-state index in [0.29, 0.717) is 25.0 Å². The smallest absolute Gasteiger partial charge is 0.273 e. The second kappa shape index (κ2) is 12.1. The van der Waals surface area contributed by atoms with Crippen LogP contribution in [0.25, 0.3) is 0 Å². The molecule has 166 valence electrons. The minimum atomic E-state index is -0.762. The molecule has 9 nitrogen and oxygen atoms in total. The maximum atomic E-state index is 11.8. The van der Waals surface area contributed by atoms with Crippen LogP contribution in [0.3, 0.4) is 0 Å². The monoisotopic (exact) mass is 420 g/mol. The molecule has 0 radical (unpaired) electrons. The van der Waals surface area contributed by atoms with Gasteiger partial charge in [0.2, 0.25) is 11.8 Å². The lowest BCUT2D eigenvalue weighted by molar-refractivity contribution is -0.125. The molecule has 1 aliphatic heterocycles. The SMILES string of the molecule is CC1CCCCC1.Cc1cc(C(=O)NCC(=O)NC(C=O)CC2CCNC2=O)no1. The minimum Gasteiger partial charge on any atom is -0.361 e. The molecule has 2 aliphatic rings. The Kier molecular flexibility index (Phi) is 9.50. The van der Waals surface area contributed by atoms with E-state index in [2.05, 4.69) is 28.0 Å². The van der Waals surface area contributed by atoms with E-state index < -0.39 is 17.9 Å². The Morgan fingerprint density at radius 3 is 2.53 bits per heavy atom.